The third-order valence-electron chi connectivity index (χ3n) is 4.04. The molecule has 0 radical (unpaired) electrons. The van der Waals surface area contributed by atoms with E-state index in [1.165, 1.54) is 16.0 Å². The summed E-state index contributed by atoms with van der Waals surface area (Å²) in [4.78, 5) is 8.20. The van der Waals surface area contributed by atoms with Crippen LogP contribution in [0.3, 0.4) is 0 Å². The Labute approximate surface area is 123 Å². The van der Waals surface area contributed by atoms with E-state index >= 15 is 0 Å². The smallest absolute Gasteiger partial charge is 0.0900 e. The maximum absolute atomic E-state index is 9.81. The maximum Gasteiger partial charge on any atom is 0.0900 e. The van der Waals surface area contributed by atoms with Crippen molar-refractivity contribution < 1.29 is 5.11 Å². The molecule has 0 saturated carbocycles. The molecule has 4 heteroatoms. The maximum atomic E-state index is 9.81. The molecule has 1 aromatic heterocycles. The molecular formula is C16H20N2OS. The van der Waals surface area contributed by atoms with E-state index in [4.69, 9.17) is 0 Å². The van der Waals surface area contributed by atoms with E-state index in [0.717, 1.165) is 30.2 Å². The standard InChI is InChI=1S/C16H20N2OS/c1-11-16(20-12(2)17-11)9-18-8-7-13-5-3-4-6-14(13)15(18)10-19/h3-6,15,19H,7-10H2,1-2H3. The quantitative estimate of drug-likeness (QED) is 0.943. The average Bonchev–Trinajstić information content (AvgIpc) is 2.76. The van der Waals surface area contributed by atoms with Gasteiger partial charge in [-0.3, -0.25) is 4.90 Å². The number of aliphatic hydroxyl groups excluding tert-OH is 1. The van der Waals surface area contributed by atoms with Crippen molar-refractivity contribution in [2.75, 3.05) is 13.2 Å². The van der Waals surface area contributed by atoms with Crippen molar-refractivity contribution in [3.8, 4) is 0 Å². The van der Waals surface area contributed by atoms with Gasteiger partial charge in [-0.05, 0) is 31.4 Å². The Morgan fingerprint density at radius 1 is 1.35 bits per heavy atom. The van der Waals surface area contributed by atoms with Crippen LogP contribution in [0.1, 0.15) is 32.7 Å². The van der Waals surface area contributed by atoms with Gasteiger partial charge in [-0.25, -0.2) is 4.98 Å². The molecule has 1 aliphatic rings. The number of rotatable bonds is 3. The van der Waals surface area contributed by atoms with Crippen LogP contribution in [0, 0.1) is 13.8 Å². The SMILES string of the molecule is Cc1nc(C)c(CN2CCc3ccccc3C2CO)s1. The highest BCUT2D eigenvalue weighted by Crippen LogP contribution is 2.31. The number of aromatic nitrogens is 1. The van der Waals surface area contributed by atoms with Crippen LogP contribution in [0.5, 0.6) is 0 Å². The van der Waals surface area contributed by atoms with Crippen molar-refractivity contribution in [2.24, 2.45) is 0 Å². The van der Waals surface area contributed by atoms with E-state index in [0.29, 0.717) is 0 Å². The van der Waals surface area contributed by atoms with Crippen LogP contribution in [-0.2, 0) is 13.0 Å². The zero-order chi connectivity index (χ0) is 14.1. The Bertz CT molecular complexity index is 608. The topological polar surface area (TPSA) is 36.4 Å². The number of nitrogens with zero attached hydrogens (tertiary/aromatic N) is 2. The molecule has 1 N–H and O–H groups in total. The Kier molecular flexibility index (Phi) is 3.87. The minimum atomic E-state index is 0.113. The number of aliphatic hydroxyl groups is 1. The summed E-state index contributed by atoms with van der Waals surface area (Å²) in [6, 6.07) is 8.58. The Morgan fingerprint density at radius 2 is 2.15 bits per heavy atom. The van der Waals surface area contributed by atoms with Crippen molar-refractivity contribution in [3.05, 3.63) is 51.0 Å². The van der Waals surface area contributed by atoms with E-state index in [1.54, 1.807) is 11.3 Å². The van der Waals surface area contributed by atoms with E-state index in [1.807, 2.05) is 0 Å². The Morgan fingerprint density at radius 3 is 2.85 bits per heavy atom. The number of benzene rings is 1. The summed E-state index contributed by atoms with van der Waals surface area (Å²) in [6.07, 6.45) is 1.06. The monoisotopic (exact) mass is 288 g/mol. The van der Waals surface area contributed by atoms with Gasteiger partial charge >= 0.3 is 0 Å². The molecule has 0 amide bonds. The molecule has 3 rings (SSSR count). The fraction of sp³-hybridized carbons (Fsp3) is 0.438. The molecule has 20 heavy (non-hydrogen) atoms. The van der Waals surface area contributed by atoms with Crippen LogP contribution < -0.4 is 0 Å². The number of hydrogen-bond donors (Lipinski definition) is 1. The molecule has 0 aliphatic carbocycles. The molecule has 0 saturated heterocycles. The molecule has 0 fully saturated rings. The van der Waals surface area contributed by atoms with Crippen molar-refractivity contribution in [1.82, 2.24) is 9.88 Å². The van der Waals surface area contributed by atoms with E-state index in [-0.39, 0.29) is 12.6 Å². The number of fused-ring (bicyclic) bond motifs is 1. The number of aryl methyl sites for hydroxylation is 2. The summed E-state index contributed by atoms with van der Waals surface area (Å²) in [7, 11) is 0. The summed E-state index contributed by atoms with van der Waals surface area (Å²) in [5.74, 6) is 0. The first-order valence-corrected chi connectivity index (χ1v) is 7.86. The van der Waals surface area contributed by atoms with Gasteiger partial charge in [-0.1, -0.05) is 24.3 Å². The lowest BCUT2D eigenvalue weighted by molar-refractivity contribution is 0.109. The van der Waals surface area contributed by atoms with Gasteiger partial charge in [-0.2, -0.15) is 0 Å². The van der Waals surface area contributed by atoms with Gasteiger partial charge in [-0.15, -0.1) is 11.3 Å². The summed E-state index contributed by atoms with van der Waals surface area (Å²) in [5.41, 5.74) is 3.78. The lowest BCUT2D eigenvalue weighted by Gasteiger charge is -2.36. The molecular weight excluding hydrogens is 268 g/mol. The van der Waals surface area contributed by atoms with Gasteiger partial charge in [0.15, 0.2) is 0 Å². The van der Waals surface area contributed by atoms with Gasteiger partial charge in [0.2, 0.25) is 0 Å². The molecule has 1 aromatic carbocycles. The third kappa shape index (κ3) is 2.51. The second kappa shape index (κ2) is 5.64. The highest BCUT2D eigenvalue weighted by molar-refractivity contribution is 7.11. The summed E-state index contributed by atoms with van der Waals surface area (Å²) in [6.45, 7) is 6.18. The van der Waals surface area contributed by atoms with Gasteiger partial charge < -0.3 is 5.11 Å². The lowest BCUT2D eigenvalue weighted by atomic mass is 9.93. The van der Waals surface area contributed by atoms with Crippen molar-refractivity contribution in [3.63, 3.8) is 0 Å². The summed E-state index contributed by atoms with van der Waals surface area (Å²) >= 11 is 1.77. The number of thiazole rings is 1. The molecule has 0 bridgehead atoms. The fourth-order valence-corrected chi connectivity index (χ4v) is 3.97. The second-order valence-electron chi connectivity index (χ2n) is 5.36. The largest absolute Gasteiger partial charge is 0.394 e. The van der Waals surface area contributed by atoms with Gasteiger partial charge in [0.05, 0.1) is 23.4 Å². The first kappa shape index (κ1) is 13.7. The number of hydrogen-bond acceptors (Lipinski definition) is 4. The fourth-order valence-electron chi connectivity index (χ4n) is 3.01. The average molecular weight is 288 g/mol. The molecule has 3 nitrogen and oxygen atoms in total. The first-order valence-electron chi connectivity index (χ1n) is 7.04. The minimum absolute atomic E-state index is 0.113. The summed E-state index contributed by atoms with van der Waals surface area (Å²) in [5, 5.41) is 10.9. The van der Waals surface area contributed by atoms with Crippen LogP contribution in [0.2, 0.25) is 0 Å². The zero-order valence-electron chi connectivity index (χ0n) is 12.0. The van der Waals surface area contributed by atoms with Crippen LogP contribution in [0.15, 0.2) is 24.3 Å². The van der Waals surface area contributed by atoms with E-state index < -0.39 is 0 Å². The van der Waals surface area contributed by atoms with Crippen LogP contribution in [0.4, 0.5) is 0 Å². The normalized spacial score (nSPS) is 19.1. The third-order valence-corrected chi connectivity index (χ3v) is 5.10. The van der Waals surface area contributed by atoms with Crippen LogP contribution >= 0.6 is 11.3 Å². The van der Waals surface area contributed by atoms with Crippen molar-refractivity contribution >= 4 is 11.3 Å². The molecule has 1 atom stereocenters. The van der Waals surface area contributed by atoms with E-state index in [9.17, 15) is 5.11 Å². The highest BCUT2D eigenvalue weighted by Gasteiger charge is 2.27. The summed E-state index contributed by atoms with van der Waals surface area (Å²) < 4.78 is 0. The lowest BCUT2D eigenvalue weighted by Crippen LogP contribution is -2.36. The molecule has 0 spiro atoms. The van der Waals surface area contributed by atoms with E-state index in [2.05, 4.69) is 48.0 Å². The van der Waals surface area contributed by atoms with Gasteiger partial charge in [0, 0.05) is 18.0 Å². The van der Waals surface area contributed by atoms with Gasteiger partial charge in [0.1, 0.15) is 0 Å². The predicted octanol–water partition coefficient (Wildman–Crippen LogP) is 2.85. The van der Waals surface area contributed by atoms with Crippen LogP contribution in [-0.4, -0.2) is 28.1 Å². The van der Waals surface area contributed by atoms with Gasteiger partial charge in [0.25, 0.3) is 0 Å². The molecule has 1 unspecified atom stereocenters. The van der Waals surface area contributed by atoms with Crippen LogP contribution in [0.25, 0.3) is 0 Å². The van der Waals surface area contributed by atoms with Crippen molar-refractivity contribution in [1.29, 1.82) is 0 Å². The Hall–Kier alpha value is -1.23. The first-order chi connectivity index (χ1) is 9.69. The molecule has 2 heterocycles. The second-order valence-corrected chi connectivity index (χ2v) is 6.65. The molecule has 1 aliphatic heterocycles. The van der Waals surface area contributed by atoms with Crippen molar-refractivity contribution in [2.45, 2.75) is 32.9 Å². The molecule has 106 valence electrons. The minimum Gasteiger partial charge on any atom is -0.394 e. The predicted molar refractivity (Wildman–Crippen MR) is 82.0 cm³/mol. The highest BCUT2D eigenvalue weighted by atomic mass is 32.1. The molecule has 2 aromatic rings. The zero-order valence-corrected chi connectivity index (χ0v) is 12.8. The Balaban J connectivity index is 1.86.